The van der Waals surface area contributed by atoms with Gasteiger partial charge in [-0.25, -0.2) is 13.2 Å². The number of hydrogen-bond acceptors (Lipinski definition) is 7. The molecule has 10 heteroatoms. The van der Waals surface area contributed by atoms with E-state index in [-0.39, 0.29) is 23.5 Å². The molecule has 0 aliphatic rings. The monoisotopic (exact) mass is 353 g/mol. The van der Waals surface area contributed by atoms with Crippen molar-refractivity contribution in [1.29, 1.82) is 0 Å². The number of nitrogen functional groups attached to an aromatic ring is 1. The molecule has 0 atom stereocenters. The normalized spacial score (nSPS) is 11.2. The molecule has 3 aromatic rings. The van der Waals surface area contributed by atoms with Crippen LogP contribution in [0.1, 0.15) is 11.1 Å². The van der Waals surface area contributed by atoms with Crippen LogP contribution in [-0.4, -0.2) is 10.3 Å². The van der Waals surface area contributed by atoms with Crippen LogP contribution in [0.2, 0.25) is 0 Å². The van der Waals surface area contributed by atoms with Gasteiger partial charge >= 0.3 is 0 Å². The fourth-order valence-electron chi connectivity index (χ4n) is 2.28. The first kappa shape index (κ1) is 16.6. The minimum absolute atomic E-state index is 0.172. The molecular weight excluding hydrogens is 343 g/mol. The largest absolute Gasteiger partial charge is 0.491 e. The zero-order valence-electron chi connectivity index (χ0n) is 12.6. The zero-order valence-corrected chi connectivity index (χ0v) is 12.6. The van der Waals surface area contributed by atoms with Gasteiger partial charge in [0.25, 0.3) is 16.7 Å². The molecule has 1 aromatic heterocycles. The molecule has 0 spiro atoms. The maximum atomic E-state index is 14.1. The van der Waals surface area contributed by atoms with E-state index in [9.17, 15) is 27.9 Å². The Morgan fingerprint density at radius 3 is 2.56 bits per heavy atom. The van der Waals surface area contributed by atoms with Gasteiger partial charge in [-0.3, -0.25) is 9.59 Å². The van der Waals surface area contributed by atoms with E-state index in [1.807, 2.05) is 0 Å². The van der Waals surface area contributed by atoms with Crippen LogP contribution < -0.4 is 21.9 Å². The Balaban J connectivity index is 2.01. The molecule has 0 amide bonds. The second-order valence-electron chi connectivity index (χ2n) is 5.27. The van der Waals surface area contributed by atoms with Gasteiger partial charge in [-0.1, -0.05) is 0 Å². The van der Waals surface area contributed by atoms with Gasteiger partial charge in [-0.05, 0) is 18.1 Å². The number of aromatic nitrogens is 1. The van der Waals surface area contributed by atoms with Gasteiger partial charge in [0.05, 0.1) is 11.1 Å². The third kappa shape index (κ3) is 2.42. The summed E-state index contributed by atoms with van der Waals surface area (Å²) < 4.78 is 46.3. The lowest BCUT2D eigenvalue weighted by Crippen LogP contribution is -2.36. The Morgan fingerprint density at radius 1 is 1.24 bits per heavy atom. The van der Waals surface area contributed by atoms with Crippen molar-refractivity contribution in [3.05, 3.63) is 55.1 Å². The van der Waals surface area contributed by atoms with E-state index < -0.39 is 51.1 Å². The van der Waals surface area contributed by atoms with Crippen molar-refractivity contribution in [2.75, 3.05) is 11.1 Å². The summed E-state index contributed by atoms with van der Waals surface area (Å²) in [4.78, 5) is 22.4. The highest BCUT2D eigenvalue weighted by molar-refractivity contribution is 5.72. The van der Waals surface area contributed by atoms with Gasteiger partial charge in [-0.15, -0.1) is 0 Å². The molecule has 0 bridgehead atoms. The van der Waals surface area contributed by atoms with E-state index in [0.29, 0.717) is 6.07 Å². The summed E-state index contributed by atoms with van der Waals surface area (Å²) in [6.07, 6.45) is 0. The molecule has 3 rings (SSSR count). The maximum absolute atomic E-state index is 14.1. The fraction of sp³-hybridized carbons (Fsp3) is 0.133. The topological polar surface area (TPSA) is 118 Å². The molecule has 7 nitrogen and oxygen atoms in total. The molecule has 0 fully saturated rings. The van der Waals surface area contributed by atoms with Gasteiger partial charge in [0.2, 0.25) is 0 Å². The Hall–Kier alpha value is -3.30. The molecule has 130 valence electrons. The van der Waals surface area contributed by atoms with Crippen LogP contribution in [0.5, 0.6) is 5.88 Å². The number of aromatic hydroxyl groups is 1. The van der Waals surface area contributed by atoms with Crippen molar-refractivity contribution in [3.8, 4) is 17.2 Å². The van der Waals surface area contributed by atoms with Crippen molar-refractivity contribution in [1.82, 2.24) is 5.16 Å². The summed E-state index contributed by atoms with van der Waals surface area (Å²) in [5, 5.41) is 15.4. The number of anilines is 2. The van der Waals surface area contributed by atoms with Crippen LogP contribution in [0, 0.1) is 24.4 Å². The van der Waals surface area contributed by atoms with E-state index in [1.165, 1.54) is 0 Å². The molecular formula is C15H10F3N3O4. The van der Waals surface area contributed by atoms with Gasteiger partial charge in [0, 0.05) is 12.1 Å². The Labute approximate surface area is 137 Å². The Kier molecular flexibility index (Phi) is 3.74. The number of nitrogens with one attached hydrogen (secondary N) is 1. The van der Waals surface area contributed by atoms with Crippen molar-refractivity contribution in [2.45, 2.75) is 13.5 Å². The minimum atomic E-state index is -1.41. The fourth-order valence-corrected chi connectivity index (χ4v) is 2.28. The lowest BCUT2D eigenvalue weighted by atomic mass is 10.0. The minimum Gasteiger partial charge on any atom is -0.491 e. The summed E-state index contributed by atoms with van der Waals surface area (Å²) >= 11 is 0. The summed E-state index contributed by atoms with van der Waals surface area (Å²) in [6.45, 7) is 0.711. The number of halogens is 3. The molecule has 0 saturated carbocycles. The van der Waals surface area contributed by atoms with Crippen LogP contribution in [0.15, 0.2) is 20.2 Å². The van der Waals surface area contributed by atoms with Gasteiger partial charge in [0.1, 0.15) is 17.2 Å². The van der Waals surface area contributed by atoms with Crippen LogP contribution >= 0.6 is 0 Å². The number of nitrogens with zero attached hydrogens (tertiary/aromatic N) is 1. The molecule has 2 aromatic carbocycles. The van der Waals surface area contributed by atoms with Crippen molar-refractivity contribution in [3.63, 3.8) is 0 Å². The molecule has 4 N–H and O–H groups in total. The number of hydrogen-bond donors (Lipinski definition) is 3. The van der Waals surface area contributed by atoms with Gasteiger partial charge in [-0.2, -0.15) is 0 Å². The van der Waals surface area contributed by atoms with Gasteiger partial charge < -0.3 is 20.7 Å². The van der Waals surface area contributed by atoms with Crippen molar-refractivity contribution < 1.29 is 22.8 Å². The lowest BCUT2D eigenvalue weighted by Gasteiger charge is -2.10. The first-order valence-corrected chi connectivity index (χ1v) is 6.88. The molecule has 1 heterocycles. The smallest absolute Gasteiger partial charge is 0.257 e. The molecule has 0 saturated heterocycles. The lowest BCUT2D eigenvalue weighted by molar-refractivity contribution is 0.363. The maximum Gasteiger partial charge on any atom is 0.257 e. The third-order valence-corrected chi connectivity index (χ3v) is 3.79. The summed E-state index contributed by atoms with van der Waals surface area (Å²) in [5.74, 6) is -4.92. The highest BCUT2D eigenvalue weighted by atomic mass is 19.2. The molecule has 0 unspecified atom stereocenters. The predicted molar refractivity (Wildman–Crippen MR) is 81.3 cm³/mol. The van der Waals surface area contributed by atoms with E-state index in [2.05, 4.69) is 10.5 Å². The van der Waals surface area contributed by atoms with Crippen LogP contribution in [0.25, 0.3) is 11.3 Å². The highest BCUT2D eigenvalue weighted by Crippen LogP contribution is 2.34. The second-order valence-corrected chi connectivity index (χ2v) is 5.27. The summed E-state index contributed by atoms with van der Waals surface area (Å²) in [7, 11) is 0. The zero-order chi connectivity index (χ0) is 18.5. The van der Waals surface area contributed by atoms with E-state index in [4.69, 9.17) is 10.3 Å². The van der Waals surface area contributed by atoms with E-state index in [1.54, 1.807) is 0 Å². The quantitative estimate of drug-likeness (QED) is 0.481. The van der Waals surface area contributed by atoms with Crippen LogP contribution in [-0.2, 0) is 6.54 Å². The summed E-state index contributed by atoms with van der Waals surface area (Å²) in [6, 6.07) is 0.697. The van der Waals surface area contributed by atoms with Crippen molar-refractivity contribution >= 4 is 11.4 Å². The molecule has 0 aliphatic heterocycles. The highest BCUT2D eigenvalue weighted by Gasteiger charge is 2.26. The first-order valence-electron chi connectivity index (χ1n) is 6.88. The van der Waals surface area contributed by atoms with E-state index >= 15 is 0 Å². The van der Waals surface area contributed by atoms with Crippen LogP contribution in [0.3, 0.4) is 0 Å². The van der Waals surface area contributed by atoms with Crippen LogP contribution in [0.4, 0.5) is 24.5 Å². The van der Waals surface area contributed by atoms with E-state index in [0.717, 1.165) is 6.92 Å². The molecule has 0 aliphatic carbocycles. The Bertz CT molecular complexity index is 1070. The summed E-state index contributed by atoms with van der Waals surface area (Å²) in [5.41, 5.74) is 1.89. The number of nitrogens with two attached hydrogens (primary N) is 1. The number of benzene rings is 1. The average molecular weight is 353 g/mol. The third-order valence-electron chi connectivity index (χ3n) is 3.79. The van der Waals surface area contributed by atoms with Crippen molar-refractivity contribution in [2.24, 2.45) is 0 Å². The predicted octanol–water partition coefficient (Wildman–Crippen LogP) is 1.56. The standard InChI is InChI=1S/C15H10F3N3O4/c1-4-7(16)2-5(9(18)8(4)17)14-6(15(24)21-25-14)3-20-11-10(19)12(22)13(11)23/h2,20H,3,19H2,1H3,(H,21,24). The Morgan fingerprint density at radius 2 is 1.92 bits per heavy atom. The number of rotatable bonds is 4. The van der Waals surface area contributed by atoms with Gasteiger partial charge in [0.15, 0.2) is 17.4 Å². The average Bonchev–Trinajstić information content (AvgIpc) is 2.96. The second kappa shape index (κ2) is 5.65. The first-order chi connectivity index (χ1) is 11.7. The molecule has 0 radical (unpaired) electrons. The molecule has 25 heavy (non-hydrogen) atoms. The SMILES string of the molecule is Cc1c(F)cc(-c2onc(O)c2CNc2c(N)c(=O)c2=O)c(F)c1F.